The lowest BCUT2D eigenvalue weighted by atomic mass is 10.2. The van der Waals surface area contributed by atoms with Crippen molar-refractivity contribution in [3.05, 3.63) is 29.6 Å². The van der Waals surface area contributed by atoms with Crippen molar-refractivity contribution < 1.29 is 9.53 Å². The predicted molar refractivity (Wildman–Crippen MR) is 67.4 cm³/mol. The molecule has 5 nitrogen and oxygen atoms in total. The van der Waals surface area contributed by atoms with E-state index in [9.17, 15) is 4.79 Å². The number of ether oxygens (including phenoxy) is 1. The quantitative estimate of drug-likeness (QED) is 0.811. The van der Waals surface area contributed by atoms with Gasteiger partial charge in [0.1, 0.15) is 5.82 Å². The molecule has 18 heavy (non-hydrogen) atoms. The smallest absolute Gasteiger partial charge is 0.338 e. The van der Waals surface area contributed by atoms with Crippen molar-refractivity contribution in [2.75, 3.05) is 13.2 Å². The fourth-order valence-corrected chi connectivity index (χ4v) is 2.30. The molecule has 0 fully saturated rings. The summed E-state index contributed by atoms with van der Waals surface area (Å²) in [5.41, 5.74) is 2.51. The highest BCUT2D eigenvalue weighted by molar-refractivity contribution is 5.93. The topological polar surface area (TPSA) is 56.1 Å². The number of nitrogens with zero attached hydrogens (tertiary/aromatic N) is 2. The number of imidazole rings is 1. The summed E-state index contributed by atoms with van der Waals surface area (Å²) < 4.78 is 7.19. The largest absolute Gasteiger partial charge is 0.462 e. The minimum Gasteiger partial charge on any atom is -0.462 e. The van der Waals surface area contributed by atoms with Gasteiger partial charge >= 0.3 is 5.97 Å². The Morgan fingerprint density at radius 3 is 3.28 bits per heavy atom. The van der Waals surface area contributed by atoms with E-state index in [-0.39, 0.29) is 5.97 Å². The Hall–Kier alpha value is -1.88. The van der Waals surface area contributed by atoms with Crippen LogP contribution in [0.3, 0.4) is 0 Å². The number of carbonyl (C=O) groups is 1. The summed E-state index contributed by atoms with van der Waals surface area (Å²) >= 11 is 0. The fraction of sp³-hybridized carbons (Fsp3) is 0.385. The Bertz CT molecular complexity index is 604. The lowest BCUT2D eigenvalue weighted by Crippen LogP contribution is -2.28. The zero-order valence-corrected chi connectivity index (χ0v) is 10.3. The van der Waals surface area contributed by atoms with E-state index < -0.39 is 0 Å². The van der Waals surface area contributed by atoms with Crippen molar-refractivity contribution in [1.82, 2.24) is 14.9 Å². The first-order chi connectivity index (χ1) is 8.79. The van der Waals surface area contributed by atoms with Crippen molar-refractivity contribution in [1.29, 1.82) is 0 Å². The summed E-state index contributed by atoms with van der Waals surface area (Å²) in [6, 6.07) is 5.55. The van der Waals surface area contributed by atoms with Crippen LogP contribution in [0.2, 0.25) is 0 Å². The van der Waals surface area contributed by atoms with Gasteiger partial charge in [0.15, 0.2) is 0 Å². The highest BCUT2D eigenvalue weighted by atomic mass is 16.5. The van der Waals surface area contributed by atoms with Gasteiger partial charge in [0.25, 0.3) is 0 Å². The number of esters is 1. The molecule has 1 aliphatic rings. The van der Waals surface area contributed by atoms with Gasteiger partial charge in [0.05, 0.1) is 29.7 Å². The van der Waals surface area contributed by atoms with Gasteiger partial charge in [0.2, 0.25) is 0 Å². The van der Waals surface area contributed by atoms with E-state index in [0.29, 0.717) is 12.2 Å². The number of rotatable bonds is 2. The van der Waals surface area contributed by atoms with Crippen LogP contribution in [0.4, 0.5) is 0 Å². The molecule has 1 aromatic carbocycles. The summed E-state index contributed by atoms with van der Waals surface area (Å²) in [5.74, 6) is 0.737. The molecule has 1 N–H and O–H groups in total. The van der Waals surface area contributed by atoms with Crippen LogP contribution in [0, 0.1) is 0 Å². The molecule has 1 aromatic heterocycles. The van der Waals surface area contributed by atoms with Crippen LogP contribution >= 0.6 is 0 Å². The van der Waals surface area contributed by atoms with E-state index in [1.807, 2.05) is 6.07 Å². The number of aromatic nitrogens is 2. The number of fused-ring (bicyclic) bond motifs is 3. The molecule has 0 bridgehead atoms. The highest BCUT2D eigenvalue weighted by Gasteiger charge is 2.15. The standard InChI is InChI=1S/C13H15N3O2/c1-2-18-13(17)9-3-4-11-10(7-9)15-12-8-14-5-6-16(11)12/h3-4,7,14H,2,5-6,8H2,1H3. The summed E-state index contributed by atoms with van der Waals surface area (Å²) in [5, 5.41) is 3.28. The molecular weight excluding hydrogens is 230 g/mol. The average Bonchev–Trinajstić information content (AvgIpc) is 2.76. The molecule has 5 heteroatoms. The van der Waals surface area contributed by atoms with Gasteiger partial charge < -0.3 is 14.6 Å². The molecule has 0 amide bonds. The third kappa shape index (κ3) is 1.76. The van der Waals surface area contributed by atoms with Crippen LogP contribution in [0.25, 0.3) is 11.0 Å². The molecule has 0 unspecified atom stereocenters. The maximum absolute atomic E-state index is 11.7. The molecule has 0 radical (unpaired) electrons. The number of carbonyl (C=O) groups excluding carboxylic acids is 1. The number of nitrogens with one attached hydrogen (secondary N) is 1. The Balaban J connectivity index is 2.05. The van der Waals surface area contributed by atoms with E-state index in [1.54, 1.807) is 19.1 Å². The van der Waals surface area contributed by atoms with Gasteiger partial charge in [-0.05, 0) is 25.1 Å². The van der Waals surface area contributed by atoms with E-state index in [0.717, 1.165) is 36.5 Å². The van der Waals surface area contributed by atoms with E-state index >= 15 is 0 Å². The minimum absolute atomic E-state index is 0.288. The molecule has 3 rings (SSSR count). The molecule has 2 aromatic rings. The van der Waals surface area contributed by atoms with Gasteiger partial charge in [-0.25, -0.2) is 9.78 Å². The van der Waals surface area contributed by atoms with Crippen molar-refractivity contribution in [3.8, 4) is 0 Å². The molecule has 0 saturated heterocycles. The van der Waals surface area contributed by atoms with Gasteiger partial charge in [-0.2, -0.15) is 0 Å². The van der Waals surface area contributed by atoms with E-state index in [1.165, 1.54) is 0 Å². The van der Waals surface area contributed by atoms with Crippen molar-refractivity contribution in [2.24, 2.45) is 0 Å². The molecule has 0 saturated carbocycles. The summed E-state index contributed by atoms with van der Waals surface area (Å²) in [4.78, 5) is 16.2. The molecule has 0 atom stereocenters. The fourth-order valence-electron chi connectivity index (χ4n) is 2.30. The second-order valence-electron chi connectivity index (χ2n) is 4.28. The maximum Gasteiger partial charge on any atom is 0.338 e. The molecule has 0 spiro atoms. The van der Waals surface area contributed by atoms with Crippen LogP contribution in [0.1, 0.15) is 23.1 Å². The SMILES string of the molecule is CCOC(=O)c1ccc2c(c1)nc1n2CCNC1. The summed E-state index contributed by atoms with van der Waals surface area (Å²) in [6.45, 7) is 4.85. The zero-order chi connectivity index (χ0) is 12.5. The molecule has 0 aliphatic carbocycles. The van der Waals surface area contributed by atoms with Crippen molar-refractivity contribution in [3.63, 3.8) is 0 Å². The lowest BCUT2D eigenvalue weighted by Gasteiger charge is -2.15. The predicted octanol–water partition coefficient (Wildman–Crippen LogP) is 1.32. The average molecular weight is 245 g/mol. The summed E-state index contributed by atoms with van der Waals surface area (Å²) in [7, 11) is 0. The molecular formula is C13H15N3O2. The Labute approximate surface area is 105 Å². The van der Waals surface area contributed by atoms with Crippen LogP contribution in [0.15, 0.2) is 18.2 Å². The van der Waals surface area contributed by atoms with E-state index in [2.05, 4.69) is 14.9 Å². The molecule has 94 valence electrons. The monoisotopic (exact) mass is 245 g/mol. The number of hydrogen-bond acceptors (Lipinski definition) is 4. The van der Waals surface area contributed by atoms with Crippen LogP contribution in [-0.2, 0) is 17.8 Å². The Morgan fingerprint density at radius 1 is 1.56 bits per heavy atom. The van der Waals surface area contributed by atoms with Crippen molar-refractivity contribution in [2.45, 2.75) is 20.0 Å². The van der Waals surface area contributed by atoms with Gasteiger partial charge in [-0.15, -0.1) is 0 Å². The zero-order valence-electron chi connectivity index (χ0n) is 10.3. The maximum atomic E-state index is 11.7. The Morgan fingerprint density at radius 2 is 2.44 bits per heavy atom. The first kappa shape index (κ1) is 11.2. The third-order valence-corrected chi connectivity index (χ3v) is 3.13. The third-order valence-electron chi connectivity index (χ3n) is 3.13. The van der Waals surface area contributed by atoms with Gasteiger partial charge in [-0.3, -0.25) is 0 Å². The van der Waals surface area contributed by atoms with Gasteiger partial charge in [0, 0.05) is 13.1 Å². The van der Waals surface area contributed by atoms with Crippen LogP contribution in [-0.4, -0.2) is 28.7 Å². The van der Waals surface area contributed by atoms with Crippen LogP contribution < -0.4 is 5.32 Å². The molecule has 2 heterocycles. The lowest BCUT2D eigenvalue weighted by molar-refractivity contribution is 0.0526. The van der Waals surface area contributed by atoms with Gasteiger partial charge in [-0.1, -0.05) is 0 Å². The first-order valence-corrected chi connectivity index (χ1v) is 6.16. The number of hydrogen-bond donors (Lipinski definition) is 1. The number of benzene rings is 1. The van der Waals surface area contributed by atoms with E-state index in [4.69, 9.17) is 4.74 Å². The normalized spacial score (nSPS) is 14.5. The second kappa shape index (κ2) is 4.42. The van der Waals surface area contributed by atoms with Crippen LogP contribution in [0.5, 0.6) is 0 Å². The minimum atomic E-state index is -0.288. The molecule has 1 aliphatic heterocycles. The Kier molecular flexibility index (Phi) is 2.76. The second-order valence-corrected chi connectivity index (χ2v) is 4.28. The first-order valence-electron chi connectivity index (χ1n) is 6.16. The highest BCUT2D eigenvalue weighted by Crippen LogP contribution is 2.19. The summed E-state index contributed by atoms with van der Waals surface area (Å²) in [6.07, 6.45) is 0. The van der Waals surface area contributed by atoms with Crippen molar-refractivity contribution >= 4 is 17.0 Å².